The summed E-state index contributed by atoms with van der Waals surface area (Å²) in [6, 6.07) is 0. The Bertz CT molecular complexity index is 182. The standard InChI is InChI=1S/C8H14N2O/c1-8(11)3-2-5-10-6-4-9-7-10/h4,6-8,11H,2-3,5H2,1H3. The van der Waals surface area contributed by atoms with Gasteiger partial charge in [-0.3, -0.25) is 0 Å². The number of hydrogen-bond acceptors (Lipinski definition) is 2. The normalized spacial score (nSPS) is 13.3. The van der Waals surface area contributed by atoms with E-state index in [0.29, 0.717) is 0 Å². The highest BCUT2D eigenvalue weighted by atomic mass is 16.3. The fourth-order valence-corrected chi connectivity index (χ4v) is 0.988. The van der Waals surface area contributed by atoms with Crippen molar-refractivity contribution in [1.82, 2.24) is 9.55 Å². The molecule has 0 radical (unpaired) electrons. The Morgan fingerprint density at radius 2 is 2.45 bits per heavy atom. The van der Waals surface area contributed by atoms with E-state index in [2.05, 4.69) is 4.98 Å². The van der Waals surface area contributed by atoms with Crippen LogP contribution in [0.5, 0.6) is 0 Å². The lowest BCUT2D eigenvalue weighted by molar-refractivity contribution is 0.179. The highest BCUT2D eigenvalue weighted by Gasteiger charge is 1.95. The van der Waals surface area contributed by atoms with Crippen LogP contribution in [0, 0.1) is 0 Å². The lowest BCUT2D eigenvalue weighted by atomic mass is 10.2. The minimum atomic E-state index is -0.182. The summed E-state index contributed by atoms with van der Waals surface area (Å²) in [5.74, 6) is 0. The van der Waals surface area contributed by atoms with E-state index in [1.54, 1.807) is 12.5 Å². The van der Waals surface area contributed by atoms with Crippen LogP contribution in [-0.2, 0) is 6.54 Å². The summed E-state index contributed by atoms with van der Waals surface area (Å²) in [4.78, 5) is 3.92. The van der Waals surface area contributed by atoms with Crippen molar-refractivity contribution >= 4 is 0 Å². The van der Waals surface area contributed by atoms with Crippen molar-refractivity contribution in [3.8, 4) is 0 Å². The molecule has 1 heterocycles. The molecule has 11 heavy (non-hydrogen) atoms. The molecule has 1 aromatic heterocycles. The molecule has 1 atom stereocenters. The van der Waals surface area contributed by atoms with Crippen molar-refractivity contribution in [3.05, 3.63) is 18.7 Å². The van der Waals surface area contributed by atoms with Gasteiger partial charge in [0.1, 0.15) is 0 Å². The van der Waals surface area contributed by atoms with Crippen molar-refractivity contribution in [2.24, 2.45) is 0 Å². The fourth-order valence-electron chi connectivity index (χ4n) is 0.988. The van der Waals surface area contributed by atoms with Gasteiger partial charge >= 0.3 is 0 Å². The van der Waals surface area contributed by atoms with Crippen molar-refractivity contribution in [2.45, 2.75) is 32.4 Å². The van der Waals surface area contributed by atoms with Gasteiger partial charge < -0.3 is 9.67 Å². The van der Waals surface area contributed by atoms with Crippen molar-refractivity contribution in [1.29, 1.82) is 0 Å². The maximum Gasteiger partial charge on any atom is 0.0945 e. The number of nitrogens with zero attached hydrogens (tertiary/aromatic N) is 2. The fraction of sp³-hybridized carbons (Fsp3) is 0.625. The molecule has 3 nitrogen and oxygen atoms in total. The predicted molar refractivity (Wildman–Crippen MR) is 43.1 cm³/mol. The van der Waals surface area contributed by atoms with E-state index in [9.17, 15) is 0 Å². The van der Waals surface area contributed by atoms with E-state index in [4.69, 9.17) is 5.11 Å². The average Bonchev–Trinajstić information content (AvgIpc) is 2.39. The molecule has 62 valence electrons. The third-order valence-electron chi connectivity index (χ3n) is 1.60. The lowest BCUT2D eigenvalue weighted by Crippen LogP contribution is -2.02. The van der Waals surface area contributed by atoms with Crippen molar-refractivity contribution < 1.29 is 5.11 Å². The Hall–Kier alpha value is -0.830. The number of rotatable bonds is 4. The van der Waals surface area contributed by atoms with E-state index < -0.39 is 0 Å². The molecule has 0 aromatic carbocycles. The number of aliphatic hydroxyl groups excluding tert-OH is 1. The quantitative estimate of drug-likeness (QED) is 0.703. The maximum atomic E-state index is 8.96. The first-order chi connectivity index (χ1) is 5.29. The second-order valence-electron chi connectivity index (χ2n) is 2.79. The Morgan fingerprint density at radius 1 is 1.64 bits per heavy atom. The summed E-state index contributed by atoms with van der Waals surface area (Å²) in [5.41, 5.74) is 0. The Balaban J connectivity index is 2.14. The number of hydrogen-bond donors (Lipinski definition) is 1. The van der Waals surface area contributed by atoms with Crippen LogP contribution in [-0.4, -0.2) is 20.8 Å². The number of aliphatic hydroxyl groups is 1. The van der Waals surface area contributed by atoms with Gasteiger partial charge in [-0.1, -0.05) is 0 Å². The molecule has 0 saturated carbocycles. The molecule has 0 aliphatic carbocycles. The minimum Gasteiger partial charge on any atom is -0.393 e. The minimum absolute atomic E-state index is 0.182. The Morgan fingerprint density at radius 3 is 3.00 bits per heavy atom. The molecular weight excluding hydrogens is 140 g/mol. The van der Waals surface area contributed by atoms with Gasteiger partial charge in [-0.15, -0.1) is 0 Å². The van der Waals surface area contributed by atoms with Crippen LogP contribution in [0.25, 0.3) is 0 Å². The molecule has 3 heteroatoms. The molecule has 0 aliphatic heterocycles. The first-order valence-corrected chi connectivity index (χ1v) is 3.93. The summed E-state index contributed by atoms with van der Waals surface area (Å²) in [6.45, 7) is 2.76. The lowest BCUT2D eigenvalue weighted by Gasteiger charge is -2.03. The van der Waals surface area contributed by atoms with Crippen LogP contribution >= 0.6 is 0 Å². The van der Waals surface area contributed by atoms with Gasteiger partial charge in [0, 0.05) is 18.9 Å². The zero-order valence-electron chi connectivity index (χ0n) is 6.77. The van der Waals surface area contributed by atoms with Gasteiger partial charge in [0.15, 0.2) is 0 Å². The largest absolute Gasteiger partial charge is 0.393 e. The van der Waals surface area contributed by atoms with Gasteiger partial charge in [-0.05, 0) is 19.8 Å². The van der Waals surface area contributed by atoms with Gasteiger partial charge in [0.2, 0.25) is 0 Å². The average molecular weight is 154 g/mol. The zero-order valence-corrected chi connectivity index (χ0v) is 6.77. The summed E-state index contributed by atoms with van der Waals surface area (Å²) < 4.78 is 2.02. The molecule has 0 saturated heterocycles. The summed E-state index contributed by atoms with van der Waals surface area (Å²) >= 11 is 0. The topological polar surface area (TPSA) is 38.0 Å². The molecule has 1 rings (SSSR count). The third kappa shape index (κ3) is 3.18. The number of imidazole rings is 1. The third-order valence-corrected chi connectivity index (χ3v) is 1.60. The van der Waals surface area contributed by atoms with Crippen LogP contribution in [0.1, 0.15) is 19.8 Å². The smallest absolute Gasteiger partial charge is 0.0945 e. The van der Waals surface area contributed by atoms with Crippen LogP contribution in [0.4, 0.5) is 0 Å². The number of aromatic nitrogens is 2. The molecule has 0 spiro atoms. The van der Waals surface area contributed by atoms with E-state index >= 15 is 0 Å². The summed E-state index contributed by atoms with van der Waals surface area (Å²) in [5, 5.41) is 8.96. The van der Waals surface area contributed by atoms with E-state index in [1.807, 2.05) is 17.7 Å². The second kappa shape index (κ2) is 4.13. The molecule has 1 aromatic rings. The molecule has 0 fully saturated rings. The van der Waals surface area contributed by atoms with Crippen LogP contribution in [0.15, 0.2) is 18.7 Å². The van der Waals surface area contributed by atoms with Crippen LogP contribution < -0.4 is 0 Å². The summed E-state index contributed by atoms with van der Waals surface area (Å²) in [7, 11) is 0. The van der Waals surface area contributed by atoms with E-state index in [1.165, 1.54) is 0 Å². The Labute approximate surface area is 66.7 Å². The van der Waals surface area contributed by atoms with E-state index in [-0.39, 0.29) is 6.10 Å². The van der Waals surface area contributed by atoms with E-state index in [0.717, 1.165) is 19.4 Å². The molecule has 0 aliphatic rings. The van der Waals surface area contributed by atoms with Gasteiger partial charge in [-0.2, -0.15) is 0 Å². The molecule has 0 bridgehead atoms. The molecule has 1 unspecified atom stereocenters. The molecule has 1 N–H and O–H groups in total. The van der Waals surface area contributed by atoms with Gasteiger partial charge in [0.05, 0.1) is 12.4 Å². The first-order valence-electron chi connectivity index (χ1n) is 3.93. The van der Waals surface area contributed by atoms with Gasteiger partial charge in [-0.25, -0.2) is 4.98 Å². The maximum absolute atomic E-state index is 8.96. The molecule has 0 amide bonds. The number of aryl methyl sites for hydroxylation is 1. The van der Waals surface area contributed by atoms with Crippen LogP contribution in [0.3, 0.4) is 0 Å². The monoisotopic (exact) mass is 154 g/mol. The zero-order chi connectivity index (χ0) is 8.10. The van der Waals surface area contributed by atoms with Crippen LogP contribution in [0.2, 0.25) is 0 Å². The summed E-state index contributed by atoms with van der Waals surface area (Å²) in [6.07, 6.45) is 7.18. The highest BCUT2D eigenvalue weighted by Crippen LogP contribution is 1.98. The SMILES string of the molecule is CC(O)CCCn1ccnc1. The Kier molecular flexibility index (Phi) is 3.11. The molecular formula is C8H14N2O. The van der Waals surface area contributed by atoms with Crippen molar-refractivity contribution in [3.63, 3.8) is 0 Å². The predicted octanol–water partition coefficient (Wildman–Crippen LogP) is 1.04. The van der Waals surface area contributed by atoms with Crippen molar-refractivity contribution in [2.75, 3.05) is 0 Å². The highest BCUT2D eigenvalue weighted by molar-refractivity contribution is 4.73. The van der Waals surface area contributed by atoms with Gasteiger partial charge in [0.25, 0.3) is 0 Å². The second-order valence-corrected chi connectivity index (χ2v) is 2.79. The first kappa shape index (κ1) is 8.27.